The molecule has 1 heterocycles. The summed E-state index contributed by atoms with van der Waals surface area (Å²) in [6.45, 7) is 5.93. The number of ether oxygens (including phenoxy) is 3. The van der Waals surface area contributed by atoms with E-state index in [-0.39, 0.29) is 23.4 Å². The first-order valence-electron chi connectivity index (χ1n) is 10.2. The number of hydrogen-bond donors (Lipinski definition) is 1. The van der Waals surface area contributed by atoms with Gasteiger partial charge in [-0.1, -0.05) is 0 Å². The number of aromatic nitrogens is 2. The molecule has 0 fully saturated rings. The number of nitrogens with one attached hydrogen (secondary N) is 1. The van der Waals surface area contributed by atoms with Gasteiger partial charge in [-0.3, -0.25) is 0 Å². The van der Waals surface area contributed by atoms with E-state index < -0.39 is 11.9 Å². The van der Waals surface area contributed by atoms with Gasteiger partial charge in [-0.2, -0.15) is 10.2 Å². The monoisotopic (exact) mass is 436 g/mol. The number of methoxy groups -OCH3 is 1. The highest BCUT2D eigenvalue weighted by Gasteiger charge is 2.25. The lowest BCUT2D eigenvalue weighted by Crippen LogP contribution is -2.18. The van der Waals surface area contributed by atoms with Crippen LogP contribution in [0, 0.1) is 17.1 Å². The standard InChI is InChI=1S/C24H25FN4O3/c1-5-31-18-12-19(22(25)21(13-18)32-15(2)3)23(20-10-11-27-24(29-20)30-4)28-17-8-6-16(14-26)7-9-17/h6-13,15,23,28H,5H2,1-4H3. The quantitative estimate of drug-likeness (QED) is 0.511. The minimum atomic E-state index is -0.713. The fourth-order valence-corrected chi connectivity index (χ4v) is 3.12. The van der Waals surface area contributed by atoms with Crippen LogP contribution in [-0.4, -0.2) is 29.8 Å². The largest absolute Gasteiger partial charge is 0.494 e. The van der Waals surface area contributed by atoms with Gasteiger partial charge in [0.1, 0.15) is 5.75 Å². The molecule has 0 spiro atoms. The molecule has 0 saturated carbocycles. The Morgan fingerprint density at radius 1 is 1.16 bits per heavy atom. The molecular weight excluding hydrogens is 411 g/mol. The van der Waals surface area contributed by atoms with Gasteiger partial charge in [0.25, 0.3) is 0 Å². The number of anilines is 1. The van der Waals surface area contributed by atoms with E-state index in [0.29, 0.717) is 29.3 Å². The van der Waals surface area contributed by atoms with E-state index in [4.69, 9.17) is 19.5 Å². The van der Waals surface area contributed by atoms with E-state index in [2.05, 4.69) is 21.4 Å². The fourth-order valence-electron chi connectivity index (χ4n) is 3.12. The van der Waals surface area contributed by atoms with Crippen LogP contribution >= 0.6 is 0 Å². The van der Waals surface area contributed by atoms with E-state index in [9.17, 15) is 0 Å². The van der Waals surface area contributed by atoms with E-state index in [1.54, 1.807) is 48.7 Å². The Morgan fingerprint density at radius 2 is 1.91 bits per heavy atom. The Hall–Kier alpha value is -3.86. The molecule has 0 aliphatic carbocycles. The normalized spacial score (nSPS) is 11.5. The Kier molecular flexibility index (Phi) is 7.45. The number of halogens is 1. The molecule has 0 bridgehead atoms. The van der Waals surface area contributed by atoms with Crippen molar-refractivity contribution in [2.75, 3.05) is 19.0 Å². The van der Waals surface area contributed by atoms with Gasteiger partial charge in [-0.25, -0.2) is 9.37 Å². The summed E-state index contributed by atoms with van der Waals surface area (Å²) in [6.07, 6.45) is 1.32. The second kappa shape index (κ2) is 10.4. The van der Waals surface area contributed by atoms with Gasteiger partial charge in [-0.05, 0) is 57.2 Å². The SMILES string of the molecule is CCOc1cc(OC(C)C)c(F)c(C(Nc2ccc(C#N)cc2)c2ccnc(OC)n2)c1. The lowest BCUT2D eigenvalue weighted by molar-refractivity contribution is 0.228. The van der Waals surface area contributed by atoms with Crippen molar-refractivity contribution in [1.82, 2.24) is 9.97 Å². The number of benzene rings is 2. The van der Waals surface area contributed by atoms with Crippen LogP contribution in [0.2, 0.25) is 0 Å². The van der Waals surface area contributed by atoms with Crippen LogP contribution in [0.15, 0.2) is 48.7 Å². The predicted molar refractivity (Wildman–Crippen MR) is 119 cm³/mol. The third kappa shape index (κ3) is 5.43. The summed E-state index contributed by atoms with van der Waals surface area (Å²) in [5.74, 6) is 0.0478. The van der Waals surface area contributed by atoms with Crippen molar-refractivity contribution in [3.8, 4) is 23.6 Å². The highest BCUT2D eigenvalue weighted by molar-refractivity contribution is 5.53. The molecule has 2 aromatic carbocycles. The molecule has 1 atom stereocenters. The maximum absolute atomic E-state index is 15.7. The van der Waals surface area contributed by atoms with Gasteiger partial charge in [0.05, 0.1) is 43.2 Å². The van der Waals surface area contributed by atoms with E-state index in [0.717, 1.165) is 0 Å². The molecule has 32 heavy (non-hydrogen) atoms. The molecule has 0 radical (unpaired) electrons. The van der Waals surface area contributed by atoms with Crippen molar-refractivity contribution < 1.29 is 18.6 Å². The summed E-state index contributed by atoms with van der Waals surface area (Å²) < 4.78 is 32.2. The molecule has 7 nitrogen and oxygen atoms in total. The molecule has 1 aromatic heterocycles. The Bertz CT molecular complexity index is 1100. The van der Waals surface area contributed by atoms with Gasteiger partial charge in [-0.15, -0.1) is 0 Å². The van der Waals surface area contributed by atoms with E-state index in [1.165, 1.54) is 7.11 Å². The second-order valence-corrected chi connectivity index (χ2v) is 7.16. The summed E-state index contributed by atoms with van der Waals surface area (Å²) in [4.78, 5) is 8.46. The van der Waals surface area contributed by atoms with Gasteiger partial charge in [0, 0.05) is 23.5 Å². The van der Waals surface area contributed by atoms with Gasteiger partial charge >= 0.3 is 6.01 Å². The molecule has 0 amide bonds. The minimum Gasteiger partial charge on any atom is -0.494 e. The first-order valence-corrected chi connectivity index (χ1v) is 10.2. The van der Waals surface area contributed by atoms with Crippen LogP contribution in [0.3, 0.4) is 0 Å². The van der Waals surface area contributed by atoms with Crippen molar-refractivity contribution in [3.05, 3.63) is 71.3 Å². The summed E-state index contributed by atoms with van der Waals surface area (Å²) in [5.41, 5.74) is 1.98. The molecule has 3 rings (SSSR count). The summed E-state index contributed by atoms with van der Waals surface area (Å²) in [5, 5.41) is 12.4. The third-order valence-corrected chi connectivity index (χ3v) is 4.48. The maximum Gasteiger partial charge on any atom is 0.316 e. The fraction of sp³-hybridized carbons (Fsp3) is 0.292. The Balaban J connectivity index is 2.14. The van der Waals surface area contributed by atoms with Crippen LogP contribution in [0.25, 0.3) is 0 Å². The van der Waals surface area contributed by atoms with Crippen LogP contribution in [-0.2, 0) is 0 Å². The van der Waals surface area contributed by atoms with Crippen molar-refractivity contribution in [2.24, 2.45) is 0 Å². The average molecular weight is 436 g/mol. The van der Waals surface area contributed by atoms with Crippen molar-refractivity contribution in [2.45, 2.75) is 32.9 Å². The first kappa shape index (κ1) is 22.8. The first-order chi connectivity index (χ1) is 15.4. The minimum absolute atomic E-state index is 0.0913. The van der Waals surface area contributed by atoms with Crippen LogP contribution in [0.5, 0.6) is 17.5 Å². The Morgan fingerprint density at radius 3 is 2.53 bits per heavy atom. The zero-order valence-corrected chi connectivity index (χ0v) is 18.4. The zero-order chi connectivity index (χ0) is 23.1. The lowest BCUT2D eigenvalue weighted by atomic mass is 10.0. The number of nitriles is 1. The molecule has 1 unspecified atom stereocenters. The highest BCUT2D eigenvalue weighted by Crippen LogP contribution is 2.36. The van der Waals surface area contributed by atoms with Crippen molar-refractivity contribution in [3.63, 3.8) is 0 Å². The highest BCUT2D eigenvalue weighted by atomic mass is 19.1. The molecule has 8 heteroatoms. The molecule has 0 aliphatic heterocycles. The van der Waals surface area contributed by atoms with Crippen molar-refractivity contribution >= 4 is 5.69 Å². The van der Waals surface area contributed by atoms with Crippen LogP contribution in [0.1, 0.15) is 43.6 Å². The number of hydrogen-bond acceptors (Lipinski definition) is 7. The van der Waals surface area contributed by atoms with Crippen LogP contribution < -0.4 is 19.5 Å². The molecule has 3 aromatic rings. The zero-order valence-electron chi connectivity index (χ0n) is 18.4. The third-order valence-electron chi connectivity index (χ3n) is 4.48. The predicted octanol–water partition coefficient (Wildman–Crippen LogP) is 4.88. The smallest absolute Gasteiger partial charge is 0.316 e. The van der Waals surface area contributed by atoms with Gasteiger partial charge < -0.3 is 19.5 Å². The number of rotatable bonds is 9. The number of nitrogens with zero attached hydrogens (tertiary/aromatic N) is 3. The van der Waals surface area contributed by atoms with E-state index >= 15 is 4.39 Å². The lowest BCUT2D eigenvalue weighted by Gasteiger charge is -2.23. The van der Waals surface area contributed by atoms with Gasteiger partial charge in [0.15, 0.2) is 11.6 Å². The molecule has 0 saturated heterocycles. The van der Waals surface area contributed by atoms with Crippen molar-refractivity contribution in [1.29, 1.82) is 5.26 Å². The molecule has 166 valence electrons. The molecular formula is C24H25FN4O3. The maximum atomic E-state index is 15.7. The average Bonchev–Trinajstić information content (AvgIpc) is 2.80. The summed E-state index contributed by atoms with van der Waals surface area (Å²) >= 11 is 0. The Labute approximate surface area is 186 Å². The molecule has 0 aliphatic rings. The topological polar surface area (TPSA) is 89.3 Å². The van der Waals surface area contributed by atoms with Crippen LogP contribution in [0.4, 0.5) is 10.1 Å². The van der Waals surface area contributed by atoms with Gasteiger partial charge in [0.2, 0.25) is 0 Å². The van der Waals surface area contributed by atoms with E-state index in [1.807, 2.05) is 20.8 Å². The summed E-state index contributed by atoms with van der Waals surface area (Å²) in [6, 6.07) is 13.2. The summed E-state index contributed by atoms with van der Waals surface area (Å²) in [7, 11) is 1.47. The second-order valence-electron chi connectivity index (χ2n) is 7.16. The molecule has 1 N–H and O–H groups in total.